The van der Waals surface area contributed by atoms with Gasteiger partial charge in [-0.2, -0.15) is 5.26 Å². The average molecular weight is 209 g/mol. The van der Waals surface area contributed by atoms with Crippen LogP contribution in [-0.4, -0.2) is 23.9 Å². The van der Waals surface area contributed by atoms with Crippen molar-refractivity contribution in [1.29, 1.82) is 5.26 Å². The SMILES string of the molecule is CC(C)C12CCC(C)(O1)C(OCC#N)C2. The lowest BCUT2D eigenvalue weighted by atomic mass is 9.75. The first-order chi connectivity index (χ1) is 7.02. The van der Waals surface area contributed by atoms with Crippen molar-refractivity contribution in [3.05, 3.63) is 0 Å². The highest BCUT2D eigenvalue weighted by atomic mass is 16.6. The maximum atomic E-state index is 8.54. The van der Waals surface area contributed by atoms with Crippen LogP contribution in [0.25, 0.3) is 0 Å². The Morgan fingerprint density at radius 2 is 2.27 bits per heavy atom. The molecule has 2 rings (SSSR count). The second-order valence-corrected chi connectivity index (χ2v) is 5.30. The summed E-state index contributed by atoms with van der Waals surface area (Å²) >= 11 is 0. The molecule has 2 heterocycles. The summed E-state index contributed by atoms with van der Waals surface area (Å²) in [7, 11) is 0. The van der Waals surface area contributed by atoms with E-state index >= 15 is 0 Å². The summed E-state index contributed by atoms with van der Waals surface area (Å²) in [6.07, 6.45) is 3.24. The van der Waals surface area contributed by atoms with Gasteiger partial charge in [-0.05, 0) is 25.7 Å². The Labute approximate surface area is 91.4 Å². The molecule has 0 aromatic heterocycles. The quantitative estimate of drug-likeness (QED) is 0.716. The van der Waals surface area contributed by atoms with Crippen LogP contribution < -0.4 is 0 Å². The summed E-state index contributed by atoms with van der Waals surface area (Å²) in [4.78, 5) is 0. The van der Waals surface area contributed by atoms with Crippen LogP contribution in [0.4, 0.5) is 0 Å². The maximum absolute atomic E-state index is 8.54. The van der Waals surface area contributed by atoms with E-state index in [1.54, 1.807) is 0 Å². The first kappa shape index (κ1) is 10.9. The van der Waals surface area contributed by atoms with Gasteiger partial charge in [-0.1, -0.05) is 13.8 Å². The Hall–Kier alpha value is -0.590. The van der Waals surface area contributed by atoms with Gasteiger partial charge in [0.2, 0.25) is 0 Å². The number of ether oxygens (including phenoxy) is 2. The van der Waals surface area contributed by atoms with Gasteiger partial charge in [0.1, 0.15) is 6.61 Å². The molecule has 0 aromatic carbocycles. The van der Waals surface area contributed by atoms with Gasteiger partial charge in [-0.3, -0.25) is 0 Å². The number of nitriles is 1. The molecule has 3 nitrogen and oxygen atoms in total. The van der Waals surface area contributed by atoms with Crippen molar-refractivity contribution in [3.63, 3.8) is 0 Å². The van der Waals surface area contributed by atoms with Crippen LogP contribution in [0.1, 0.15) is 40.0 Å². The minimum atomic E-state index is -0.152. The van der Waals surface area contributed by atoms with Gasteiger partial charge < -0.3 is 9.47 Å². The molecule has 2 fully saturated rings. The lowest BCUT2D eigenvalue weighted by Gasteiger charge is -2.31. The minimum Gasteiger partial charge on any atom is -0.366 e. The topological polar surface area (TPSA) is 42.2 Å². The van der Waals surface area contributed by atoms with Crippen molar-refractivity contribution in [2.45, 2.75) is 57.3 Å². The van der Waals surface area contributed by atoms with Crippen molar-refractivity contribution < 1.29 is 9.47 Å². The summed E-state index contributed by atoms with van der Waals surface area (Å²) in [6, 6.07) is 2.04. The summed E-state index contributed by atoms with van der Waals surface area (Å²) in [6.45, 7) is 6.71. The monoisotopic (exact) mass is 209 g/mol. The van der Waals surface area contributed by atoms with Crippen LogP contribution in [0, 0.1) is 17.2 Å². The van der Waals surface area contributed by atoms with Gasteiger partial charge in [-0.25, -0.2) is 0 Å². The molecule has 2 saturated heterocycles. The van der Waals surface area contributed by atoms with Crippen LogP contribution in [0.15, 0.2) is 0 Å². The zero-order chi connectivity index (χ0) is 11.1. The highest BCUT2D eigenvalue weighted by Gasteiger charge is 2.60. The summed E-state index contributed by atoms with van der Waals surface area (Å²) < 4.78 is 11.8. The fourth-order valence-electron chi connectivity index (χ4n) is 2.94. The van der Waals surface area contributed by atoms with E-state index in [0.717, 1.165) is 19.3 Å². The fraction of sp³-hybridized carbons (Fsp3) is 0.917. The van der Waals surface area contributed by atoms with Gasteiger partial charge in [0, 0.05) is 6.42 Å². The predicted molar refractivity (Wildman–Crippen MR) is 56.3 cm³/mol. The Morgan fingerprint density at radius 3 is 2.80 bits per heavy atom. The van der Waals surface area contributed by atoms with Crippen molar-refractivity contribution in [1.82, 2.24) is 0 Å². The standard InChI is InChI=1S/C12H19NO2/c1-9(2)12-5-4-11(3,15-12)10(8-12)14-7-6-13/h9-10H,4-5,7-8H2,1-3H3. The second-order valence-electron chi connectivity index (χ2n) is 5.30. The van der Waals surface area contributed by atoms with E-state index < -0.39 is 0 Å². The van der Waals surface area contributed by atoms with Gasteiger partial charge in [-0.15, -0.1) is 0 Å². The van der Waals surface area contributed by atoms with Crippen molar-refractivity contribution in [2.24, 2.45) is 5.92 Å². The molecule has 0 amide bonds. The molecule has 0 saturated carbocycles. The molecule has 0 radical (unpaired) electrons. The van der Waals surface area contributed by atoms with Crippen LogP contribution in [0.2, 0.25) is 0 Å². The molecule has 0 aromatic rings. The largest absolute Gasteiger partial charge is 0.366 e. The Morgan fingerprint density at radius 1 is 1.53 bits per heavy atom. The molecule has 0 aliphatic carbocycles. The van der Waals surface area contributed by atoms with Crippen LogP contribution in [0.3, 0.4) is 0 Å². The van der Waals surface area contributed by atoms with Crippen LogP contribution >= 0.6 is 0 Å². The second kappa shape index (κ2) is 3.47. The summed E-state index contributed by atoms with van der Waals surface area (Å²) in [5.74, 6) is 0.523. The third-order valence-electron chi connectivity index (χ3n) is 4.09. The highest BCUT2D eigenvalue weighted by Crippen LogP contribution is 2.54. The molecule has 0 N–H and O–H groups in total. The van der Waals surface area contributed by atoms with E-state index in [1.807, 2.05) is 6.07 Å². The Kier molecular flexibility index (Phi) is 2.52. The highest BCUT2D eigenvalue weighted by molar-refractivity contribution is 5.10. The molecular weight excluding hydrogens is 190 g/mol. The van der Waals surface area contributed by atoms with Gasteiger partial charge in [0.25, 0.3) is 0 Å². The lowest BCUT2D eigenvalue weighted by Crippen LogP contribution is -2.38. The summed E-state index contributed by atoms with van der Waals surface area (Å²) in [5.41, 5.74) is -0.143. The van der Waals surface area contributed by atoms with E-state index in [1.165, 1.54) is 0 Å². The smallest absolute Gasteiger partial charge is 0.134 e. The number of hydrogen-bond donors (Lipinski definition) is 0. The zero-order valence-electron chi connectivity index (χ0n) is 9.75. The Bertz CT molecular complexity index is 296. The fourth-order valence-corrected chi connectivity index (χ4v) is 2.94. The van der Waals surface area contributed by atoms with Gasteiger partial charge in [0.15, 0.2) is 0 Å². The van der Waals surface area contributed by atoms with Crippen molar-refractivity contribution in [3.8, 4) is 6.07 Å². The maximum Gasteiger partial charge on any atom is 0.134 e. The normalized spacial score (nSPS) is 43.5. The average Bonchev–Trinajstić information content (AvgIpc) is 2.66. The number of fused-ring (bicyclic) bond motifs is 2. The van der Waals surface area contributed by atoms with Gasteiger partial charge >= 0.3 is 0 Å². The molecule has 3 unspecified atom stereocenters. The molecule has 2 bridgehead atoms. The van der Waals surface area contributed by atoms with Crippen molar-refractivity contribution in [2.75, 3.05) is 6.61 Å². The van der Waals surface area contributed by atoms with E-state index in [2.05, 4.69) is 20.8 Å². The molecule has 2 aliphatic rings. The zero-order valence-corrected chi connectivity index (χ0v) is 9.75. The van der Waals surface area contributed by atoms with Gasteiger partial charge in [0.05, 0.1) is 23.4 Å². The Balaban J connectivity index is 2.10. The third-order valence-corrected chi connectivity index (χ3v) is 4.09. The number of rotatable bonds is 3. The number of hydrogen-bond acceptors (Lipinski definition) is 3. The van der Waals surface area contributed by atoms with Crippen molar-refractivity contribution >= 4 is 0 Å². The predicted octanol–water partition coefficient (Wildman–Crippen LogP) is 2.26. The molecule has 3 heteroatoms. The van der Waals surface area contributed by atoms with E-state index in [-0.39, 0.29) is 23.9 Å². The van der Waals surface area contributed by atoms with Crippen LogP contribution in [0.5, 0.6) is 0 Å². The first-order valence-corrected chi connectivity index (χ1v) is 5.71. The molecular formula is C12H19NO2. The number of nitrogens with zero attached hydrogens (tertiary/aromatic N) is 1. The van der Waals surface area contributed by atoms with E-state index in [4.69, 9.17) is 14.7 Å². The molecule has 3 atom stereocenters. The molecule has 15 heavy (non-hydrogen) atoms. The summed E-state index contributed by atoms with van der Waals surface area (Å²) in [5, 5.41) is 8.54. The van der Waals surface area contributed by atoms with E-state index in [9.17, 15) is 0 Å². The van der Waals surface area contributed by atoms with E-state index in [0.29, 0.717) is 5.92 Å². The van der Waals surface area contributed by atoms with Crippen LogP contribution in [-0.2, 0) is 9.47 Å². The third kappa shape index (κ3) is 1.56. The molecule has 2 aliphatic heterocycles. The first-order valence-electron chi connectivity index (χ1n) is 5.71. The minimum absolute atomic E-state index is 0.00880. The molecule has 84 valence electrons. The molecule has 0 spiro atoms. The lowest BCUT2D eigenvalue weighted by molar-refractivity contribution is -0.0894.